The van der Waals surface area contributed by atoms with Gasteiger partial charge < -0.3 is 10.6 Å². The van der Waals surface area contributed by atoms with Gasteiger partial charge in [0.2, 0.25) is 11.8 Å². The fourth-order valence-corrected chi connectivity index (χ4v) is 3.80. The zero-order chi connectivity index (χ0) is 21.7. The van der Waals surface area contributed by atoms with E-state index in [0.717, 1.165) is 22.9 Å². The van der Waals surface area contributed by atoms with Crippen molar-refractivity contribution in [1.29, 1.82) is 0 Å². The number of rotatable bonds is 6. The second-order valence-electron chi connectivity index (χ2n) is 7.93. The Hall–Kier alpha value is -2.80. The van der Waals surface area contributed by atoms with Gasteiger partial charge in [-0.15, -0.1) is 0 Å². The number of benzene rings is 2. The Morgan fingerprint density at radius 2 is 1.70 bits per heavy atom. The van der Waals surface area contributed by atoms with E-state index in [-0.39, 0.29) is 36.4 Å². The molecule has 1 saturated heterocycles. The number of piperidine rings is 1. The Morgan fingerprint density at radius 1 is 1.03 bits per heavy atom. The van der Waals surface area contributed by atoms with Crippen LogP contribution in [0.4, 0.5) is 14.5 Å². The number of anilines is 1. The van der Waals surface area contributed by atoms with E-state index in [1.807, 2.05) is 30.9 Å². The fraction of sp³-hybridized carbons (Fsp3) is 0.391. The highest BCUT2D eigenvalue weighted by atomic mass is 19.1. The second-order valence-corrected chi connectivity index (χ2v) is 7.93. The molecule has 2 aromatic carbocycles. The first kappa shape index (κ1) is 21.9. The standard InChI is InChI=1S/C23H27F2N3O2/c1-15-9-16(2)11-20(10-15)27-22(29)14-28-7-5-17(6-8-28)23(30)26-13-18-3-4-19(24)12-21(18)25/h3-4,9-12,17H,5-8,13-14H2,1-2H3,(H,26,30)(H,27,29). The van der Waals surface area contributed by atoms with Crippen LogP contribution in [0.2, 0.25) is 0 Å². The molecule has 2 N–H and O–H groups in total. The van der Waals surface area contributed by atoms with Gasteiger partial charge in [-0.25, -0.2) is 8.78 Å². The van der Waals surface area contributed by atoms with Crippen molar-refractivity contribution < 1.29 is 18.4 Å². The minimum atomic E-state index is -0.667. The molecule has 1 heterocycles. The molecule has 1 aliphatic heterocycles. The van der Waals surface area contributed by atoms with Crippen LogP contribution in [0.3, 0.4) is 0 Å². The van der Waals surface area contributed by atoms with Gasteiger partial charge in [0.1, 0.15) is 11.6 Å². The molecule has 3 rings (SSSR count). The fourth-order valence-electron chi connectivity index (χ4n) is 3.80. The quantitative estimate of drug-likeness (QED) is 0.759. The molecule has 5 nitrogen and oxygen atoms in total. The van der Waals surface area contributed by atoms with Gasteiger partial charge in [-0.05, 0) is 69.1 Å². The van der Waals surface area contributed by atoms with Crippen molar-refractivity contribution in [3.8, 4) is 0 Å². The van der Waals surface area contributed by atoms with Crippen LogP contribution in [0.25, 0.3) is 0 Å². The highest BCUT2D eigenvalue weighted by Gasteiger charge is 2.26. The number of halogens is 2. The van der Waals surface area contributed by atoms with Gasteiger partial charge in [0.25, 0.3) is 0 Å². The third-order valence-corrected chi connectivity index (χ3v) is 5.30. The van der Waals surface area contributed by atoms with E-state index in [0.29, 0.717) is 25.9 Å². The number of carbonyl (C=O) groups is 2. The SMILES string of the molecule is Cc1cc(C)cc(NC(=O)CN2CCC(C(=O)NCc3ccc(F)cc3F)CC2)c1. The first-order valence-corrected chi connectivity index (χ1v) is 10.1. The van der Waals surface area contributed by atoms with Crippen LogP contribution < -0.4 is 10.6 Å². The molecule has 1 fully saturated rings. The predicted molar refractivity (Wildman–Crippen MR) is 112 cm³/mol. The largest absolute Gasteiger partial charge is 0.352 e. The van der Waals surface area contributed by atoms with Gasteiger partial charge in [-0.3, -0.25) is 14.5 Å². The van der Waals surface area contributed by atoms with Crippen molar-refractivity contribution in [3.63, 3.8) is 0 Å². The molecule has 0 aromatic heterocycles. The van der Waals surface area contributed by atoms with Crippen molar-refractivity contribution in [2.24, 2.45) is 5.92 Å². The van der Waals surface area contributed by atoms with E-state index in [9.17, 15) is 18.4 Å². The molecule has 30 heavy (non-hydrogen) atoms. The minimum absolute atomic E-state index is 0.0312. The number of aryl methyl sites for hydroxylation is 2. The first-order valence-electron chi connectivity index (χ1n) is 10.1. The lowest BCUT2D eigenvalue weighted by Crippen LogP contribution is -2.43. The van der Waals surface area contributed by atoms with E-state index in [4.69, 9.17) is 0 Å². The lowest BCUT2D eigenvalue weighted by Gasteiger charge is -2.30. The van der Waals surface area contributed by atoms with E-state index < -0.39 is 11.6 Å². The number of carbonyl (C=O) groups excluding carboxylic acids is 2. The average Bonchev–Trinajstić information content (AvgIpc) is 2.66. The Balaban J connectivity index is 1.42. The number of nitrogens with zero attached hydrogens (tertiary/aromatic N) is 1. The van der Waals surface area contributed by atoms with Gasteiger partial charge in [0.15, 0.2) is 0 Å². The highest BCUT2D eigenvalue weighted by molar-refractivity contribution is 5.92. The molecular weight excluding hydrogens is 388 g/mol. The molecule has 2 aromatic rings. The van der Waals surface area contributed by atoms with Gasteiger partial charge in [-0.1, -0.05) is 12.1 Å². The molecule has 7 heteroatoms. The molecule has 2 amide bonds. The van der Waals surface area contributed by atoms with E-state index in [1.165, 1.54) is 12.1 Å². The maximum Gasteiger partial charge on any atom is 0.238 e. The smallest absolute Gasteiger partial charge is 0.238 e. The highest BCUT2D eigenvalue weighted by Crippen LogP contribution is 2.19. The molecule has 160 valence electrons. The minimum Gasteiger partial charge on any atom is -0.352 e. The van der Waals surface area contributed by atoms with E-state index in [2.05, 4.69) is 16.7 Å². The Morgan fingerprint density at radius 3 is 2.33 bits per heavy atom. The van der Waals surface area contributed by atoms with Crippen molar-refractivity contribution in [1.82, 2.24) is 10.2 Å². The van der Waals surface area contributed by atoms with E-state index >= 15 is 0 Å². The summed E-state index contributed by atoms with van der Waals surface area (Å²) in [5.74, 6) is -1.70. The lowest BCUT2D eigenvalue weighted by molar-refractivity contribution is -0.126. The summed E-state index contributed by atoms with van der Waals surface area (Å²) in [4.78, 5) is 26.7. The summed E-state index contributed by atoms with van der Waals surface area (Å²) in [5.41, 5.74) is 3.24. The Kier molecular flexibility index (Phi) is 7.15. The predicted octanol–water partition coefficient (Wildman–Crippen LogP) is 3.55. The number of hydrogen-bond donors (Lipinski definition) is 2. The average molecular weight is 415 g/mol. The maximum absolute atomic E-state index is 13.7. The summed E-state index contributed by atoms with van der Waals surface area (Å²) < 4.78 is 26.6. The van der Waals surface area contributed by atoms with Crippen LogP contribution >= 0.6 is 0 Å². The maximum atomic E-state index is 13.7. The van der Waals surface area contributed by atoms with Crippen molar-refractivity contribution in [2.75, 3.05) is 25.0 Å². The molecule has 0 aliphatic carbocycles. The topological polar surface area (TPSA) is 61.4 Å². The van der Waals surface area contributed by atoms with Gasteiger partial charge >= 0.3 is 0 Å². The van der Waals surface area contributed by atoms with Gasteiger partial charge in [0.05, 0.1) is 6.54 Å². The third kappa shape index (κ3) is 6.10. The van der Waals surface area contributed by atoms with Crippen LogP contribution in [-0.2, 0) is 16.1 Å². The zero-order valence-electron chi connectivity index (χ0n) is 17.3. The summed E-state index contributed by atoms with van der Waals surface area (Å²) in [6.07, 6.45) is 1.27. The van der Waals surface area contributed by atoms with Gasteiger partial charge in [0, 0.05) is 29.8 Å². The van der Waals surface area contributed by atoms with Crippen LogP contribution in [0.15, 0.2) is 36.4 Å². The first-order chi connectivity index (χ1) is 14.3. The van der Waals surface area contributed by atoms with Gasteiger partial charge in [-0.2, -0.15) is 0 Å². The third-order valence-electron chi connectivity index (χ3n) is 5.30. The number of likely N-dealkylation sites (tertiary alicyclic amines) is 1. The van der Waals surface area contributed by atoms with Crippen molar-refractivity contribution in [2.45, 2.75) is 33.2 Å². The Labute approximate surface area is 175 Å². The summed E-state index contributed by atoms with van der Waals surface area (Å²) in [5, 5.41) is 5.66. The number of amides is 2. The molecule has 0 spiro atoms. The van der Waals surface area contributed by atoms with Crippen LogP contribution in [-0.4, -0.2) is 36.3 Å². The number of nitrogens with one attached hydrogen (secondary N) is 2. The van der Waals surface area contributed by atoms with Crippen LogP contribution in [0.5, 0.6) is 0 Å². The summed E-state index contributed by atoms with van der Waals surface area (Å²) in [6.45, 7) is 5.57. The molecular formula is C23H27F2N3O2. The van der Waals surface area contributed by atoms with Crippen molar-refractivity contribution >= 4 is 17.5 Å². The van der Waals surface area contributed by atoms with E-state index in [1.54, 1.807) is 0 Å². The monoisotopic (exact) mass is 415 g/mol. The van der Waals surface area contributed by atoms with Crippen LogP contribution in [0, 0.1) is 31.4 Å². The molecule has 0 unspecified atom stereocenters. The molecule has 0 radical (unpaired) electrons. The molecule has 1 aliphatic rings. The molecule has 0 bridgehead atoms. The second kappa shape index (κ2) is 9.80. The summed E-state index contributed by atoms with van der Waals surface area (Å²) in [7, 11) is 0. The lowest BCUT2D eigenvalue weighted by atomic mass is 9.96. The van der Waals surface area contributed by atoms with Crippen LogP contribution in [0.1, 0.15) is 29.5 Å². The Bertz CT molecular complexity index is 904. The normalized spacial score (nSPS) is 15.1. The molecule has 0 saturated carbocycles. The zero-order valence-corrected chi connectivity index (χ0v) is 17.3. The number of hydrogen-bond acceptors (Lipinski definition) is 3. The van der Waals surface area contributed by atoms with Crippen molar-refractivity contribution in [3.05, 3.63) is 64.7 Å². The summed E-state index contributed by atoms with van der Waals surface area (Å²) in [6, 6.07) is 9.24. The summed E-state index contributed by atoms with van der Waals surface area (Å²) >= 11 is 0. The molecule has 0 atom stereocenters.